The van der Waals surface area contributed by atoms with Crippen LogP contribution in [0.15, 0.2) is 47.4 Å². The third kappa shape index (κ3) is 4.03. The van der Waals surface area contributed by atoms with Gasteiger partial charge < -0.3 is 10.4 Å². The molecule has 3 rings (SSSR count). The van der Waals surface area contributed by atoms with Crippen molar-refractivity contribution >= 4 is 21.8 Å². The van der Waals surface area contributed by atoms with Crippen LogP contribution in [-0.2, 0) is 10.0 Å². The van der Waals surface area contributed by atoms with Gasteiger partial charge in [0.2, 0.25) is 10.0 Å². The Labute approximate surface area is 152 Å². The molecule has 1 fully saturated rings. The summed E-state index contributed by atoms with van der Waals surface area (Å²) in [4.78, 5) is 15.3. The van der Waals surface area contributed by atoms with Gasteiger partial charge in [-0.3, -0.25) is 0 Å². The summed E-state index contributed by atoms with van der Waals surface area (Å²) >= 11 is 0. The number of carbonyl (C=O) groups is 1. The molecule has 2 aromatic rings. The van der Waals surface area contributed by atoms with Crippen LogP contribution in [0.5, 0.6) is 0 Å². The number of aromatic carboxylic acids is 1. The van der Waals surface area contributed by atoms with Crippen molar-refractivity contribution in [3.8, 4) is 0 Å². The second kappa shape index (κ2) is 7.43. The number of hydrogen-bond acceptors (Lipinski definition) is 5. The van der Waals surface area contributed by atoms with Crippen LogP contribution in [0.4, 0.5) is 5.82 Å². The molecular weight excluding hydrogens is 354 g/mol. The molecule has 1 aromatic carbocycles. The third-order valence-electron chi connectivity index (χ3n) is 4.43. The molecule has 138 valence electrons. The molecule has 0 aliphatic carbocycles. The number of rotatable bonds is 5. The molecule has 0 amide bonds. The highest BCUT2D eigenvalue weighted by molar-refractivity contribution is 7.89. The summed E-state index contributed by atoms with van der Waals surface area (Å²) in [7, 11) is -3.48. The first kappa shape index (κ1) is 18.3. The average molecular weight is 375 g/mol. The number of nitrogens with zero attached hydrogens (tertiary/aromatic N) is 2. The van der Waals surface area contributed by atoms with E-state index in [1.165, 1.54) is 10.4 Å². The molecule has 26 heavy (non-hydrogen) atoms. The number of carboxylic acids is 1. The van der Waals surface area contributed by atoms with Gasteiger partial charge in [-0.15, -0.1) is 0 Å². The maximum Gasteiger partial charge on any atom is 0.354 e. The van der Waals surface area contributed by atoms with Crippen LogP contribution in [-0.4, -0.2) is 47.9 Å². The molecule has 0 radical (unpaired) electrons. The van der Waals surface area contributed by atoms with E-state index in [0.717, 1.165) is 5.56 Å². The summed E-state index contributed by atoms with van der Waals surface area (Å²) in [5.74, 6) is -0.586. The van der Waals surface area contributed by atoms with Crippen LogP contribution < -0.4 is 5.32 Å². The number of anilines is 1. The van der Waals surface area contributed by atoms with Gasteiger partial charge in [0.25, 0.3) is 0 Å². The Bertz CT molecular complexity index is 889. The molecule has 0 atom stereocenters. The number of aryl methyl sites for hydroxylation is 1. The minimum atomic E-state index is -3.48. The predicted molar refractivity (Wildman–Crippen MR) is 97.8 cm³/mol. The highest BCUT2D eigenvalue weighted by Gasteiger charge is 2.29. The second-order valence-electron chi connectivity index (χ2n) is 6.35. The fourth-order valence-electron chi connectivity index (χ4n) is 2.94. The molecule has 0 bridgehead atoms. The minimum Gasteiger partial charge on any atom is -0.477 e. The standard InChI is InChI=1S/C18H21N3O4S/c1-13-5-7-15(8-6-13)26(24,25)21-11-9-14(10-12-21)19-17-4-2-3-16(20-17)18(22)23/h2-8,14H,9-12H2,1H3,(H,19,20)(H,22,23). The van der Waals surface area contributed by atoms with Gasteiger partial charge in [0.05, 0.1) is 4.90 Å². The maximum atomic E-state index is 12.7. The lowest BCUT2D eigenvalue weighted by atomic mass is 10.1. The van der Waals surface area contributed by atoms with Crippen molar-refractivity contribution in [1.82, 2.24) is 9.29 Å². The summed E-state index contributed by atoms with van der Waals surface area (Å²) < 4.78 is 26.9. The zero-order valence-corrected chi connectivity index (χ0v) is 15.2. The van der Waals surface area contributed by atoms with Crippen molar-refractivity contribution in [2.24, 2.45) is 0 Å². The van der Waals surface area contributed by atoms with Gasteiger partial charge >= 0.3 is 5.97 Å². The molecule has 2 N–H and O–H groups in total. The van der Waals surface area contributed by atoms with Crippen LogP contribution in [0.3, 0.4) is 0 Å². The summed E-state index contributed by atoms with van der Waals surface area (Å²) in [6, 6.07) is 11.7. The van der Waals surface area contributed by atoms with E-state index in [0.29, 0.717) is 36.6 Å². The van der Waals surface area contributed by atoms with Gasteiger partial charge in [0, 0.05) is 19.1 Å². The summed E-state index contributed by atoms with van der Waals surface area (Å²) in [6.45, 7) is 2.74. The Morgan fingerprint density at radius 3 is 2.42 bits per heavy atom. The van der Waals surface area contributed by atoms with E-state index >= 15 is 0 Å². The van der Waals surface area contributed by atoms with Crippen molar-refractivity contribution in [2.45, 2.75) is 30.7 Å². The monoisotopic (exact) mass is 375 g/mol. The van der Waals surface area contributed by atoms with Crippen LogP contribution in [0, 0.1) is 6.92 Å². The van der Waals surface area contributed by atoms with Gasteiger partial charge in [-0.2, -0.15) is 4.31 Å². The van der Waals surface area contributed by atoms with E-state index in [1.54, 1.807) is 36.4 Å². The van der Waals surface area contributed by atoms with Crippen LogP contribution in [0.1, 0.15) is 28.9 Å². The summed E-state index contributed by atoms with van der Waals surface area (Å²) in [5, 5.41) is 12.2. The Balaban J connectivity index is 1.63. The van der Waals surface area contributed by atoms with Gasteiger partial charge in [0.1, 0.15) is 5.82 Å². The lowest BCUT2D eigenvalue weighted by Crippen LogP contribution is -2.42. The number of pyridine rings is 1. The first-order valence-corrected chi connectivity index (χ1v) is 9.84. The van der Waals surface area contributed by atoms with Crippen molar-refractivity contribution in [3.05, 3.63) is 53.7 Å². The largest absolute Gasteiger partial charge is 0.477 e. The molecule has 0 unspecified atom stereocenters. The fourth-order valence-corrected chi connectivity index (χ4v) is 4.41. The van der Waals surface area contributed by atoms with Crippen molar-refractivity contribution in [2.75, 3.05) is 18.4 Å². The highest BCUT2D eigenvalue weighted by atomic mass is 32.2. The molecule has 8 heteroatoms. The van der Waals surface area contributed by atoms with Crippen LogP contribution in [0.25, 0.3) is 0 Å². The number of sulfonamides is 1. The summed E-state index contributed by atoms with van der Waals surface area (Å²) in [5.41, 5.74) is 0.998. The quantitative estimate of drug-likeness (QED) is 0.832. The van der Waals surface area contributed by atoms with E-state index in [4.69, 9.17) is 5.11 Å². The molecular formula is C18H21N3O4S. The first-order chi connectivity index (χ1) is 12.4. The smallest absolute Gasteiger partial charge is 0.354 e. The topological polar surface area (TPSA) is 99.6 Å². The Hall–Kier alpha value is -2.45. The molecule has 0 spiro atoms. The van der Waals surface area contributed by atoms with Crippen LogP contribution >= 0.6 is 0 Å². The molecule has 1 aromatic heterocycles. The maximum absolute atomic E-state index is 12.7. The normalized spacial score (nSPS) is 16.3. The lowest BCUT2D eigenvalue weighted by Gasteiger charge is -2.32. The molecule has 1 aliphatic rings. The zero-order chi connectivity index (χ0) is 18.7. The molecule has 1 aliphatic heterocycles. The zero-order valence-electron chi connectivity index (χ0n) is 14.4. The van der Waals surface area contributed by atoms with E-state index in [-0.39, 0.29) is 11.7 Å². The fraction of sp³-hybridized carbons (Fsp3) is 0.333. The van der Waals surface area contributed by atoms with Crippen molar-refractivity contribution in [3.63, 3.8) is 0 Å². The third-order valence-corrected chi connectivity index (χ3v) is 6.35. The molecule has 1 saturated heterocycles. The first-order valence-electron chi connectivity index (χ1n) is 8.40. The highest BCUT2D eigenvalue weighted by Crippen LogP contribution is 2.22. The van der Waals surface area contributed by atoms with Gasteiger partial charge in [-0.25, -0.2) is 18.2 Å². The molecule has 7 nitrogen and oxygen atoms in total. The number of hydrogen-bond donors (Lipinski definition) is 2. The number of aromatic nitrogens is 1. The van der Waals surface area contributed by atoms with E-state index in [9.17, 15) is 13.2 Å². The lowest BCUT2D eigenvalue weighted by molar-refractivity contribution is 0.0690. The van der Waals surface area contributed by atoms with Crippen molar-refractivity contribution in [1.29, 1.82) is 0 Å². The van der Waals surface area contributed by atoms with Gasteiger partial charge in [0.15, 0.2) is 5.69 Å². The molecule has 2 heterocycles. The minimum absolute atomic E-state index is 0.0191. The average Bonchev–Trinajstić information content (AvgIpc) is 2.63. The SMILES string of the molecule is Cc1ccc(S(=O)(=O)N2CCC(Nc3cccc(C(=O)O)n3)CC2)cc1. The summed E-state index contributed by atoms with van der Waals surface area (Å²) in [6.07, 6.45) is 1.26. The van der Waals surface area contributed by atoms with Gasteiger partial charge in [-0.1, -0.05) is 23.8 Å². The van der Waals surface area contributed by atoms with E-state index in [1.807, 2.05) is 6.92 Å². The Morgan fingerprint density at radius 1 is 1.15 bits per heavy atom. The number of piperidine rings is 1. The van der Waals surface area contributed by atoms with E-state index < -0.39 is 16.0 Å². The van der Waals surface area contributed by atoms with E-state index in [2.05, 4.69) is 10.3 Å². The number of nitrogens with one attached hydrogen (secondary N) is 1. The van der Waals surface area contributed by atoms with Crippen molar-refractivity contribution < 1.29 is 18.3 Å². The van der Waals surface area contributed by atoms with Gasteiger partial charge in [-0.05, 0) is 44.0 Å². The van der Waals surface area contributed by atoms with Crippen LogP contribution in [0.2, 0.25) is 0 Å². The second-order valence-corrected chi connectivity index (χ2v) is 8.29. The molecule has 0 saturated carbocycles. The number of carboxylic acid groups (broad SMARTS) is 1. The number of benzene rings is 1. The Morgan fingerprint density at radius 2 is 1.81 bits per heavy atom. The Kier molecular flexibility index (Phi) is 5.24. The predicted octanol–water partition coefficient (Wildman–Crippen LogP) is 2.35.